The molecule has 1 rings (SSSR count). The van der Waals surface area contributed by atoms with Gasteiger partial charge in [-0.3, -0.25) is 0 Å². The van der Waals surface area contributed by atoms with E-state index >= 15 is 0 Å². The van der Waals surface area contributed by atoms with Crippen LogP contribution in [-0.2, 0) is 0 Å². The number of halogens is 5. The largest absolute Gasteiger partial charge is 0.327 e. The van der Waals surface area contributed by atoms with Crippen LogP contribution in [0.25, 0.3) is 0 Å². The summed E-state index contributed by atoms with van der Waals surface area (Å²) in [6, 6.07) is -0.581. The first kappa shape index (κ1) is 12.9. The zero-order chi connectivity index (χ0) is 11.8. The predicted octanol–water partition coefficient (Wildman–Crippen LogP) is 3.72. The smallest absolute Gasteiger partial charge is 0.318 e. The Labute approximate surface area is 96.4 Å². The number of aryl methyl sites for hydroxylation is 1. The summed E-state index contributed by atoms with van der Waals surface area (Å²) < 4.78 is 50.4. The minimum absolute atomic E-state index is 0.0460. The maximum atomic E-state index is 12.9. The monoisotopic (exact) mass is 305 g/mol. The normalized spacial score (nSPS) is 14.7. The molecule has 0 radical (unpaired) electrons. The molecule has 1 aromatic rings. The van der Waals surface area contributed by atoms with Crippen LogP contribution in [0.15, 0.2) is 9.85 Å². The number of rotatable bonds is 3. The molecule has 15 heavy (non-hydrogen) atoms. The van der Waals surface area contributed by atoms with Crippen molar-refractivity contribution in [2.75, 3.05) is 0 Å². The molecule has 0 aliphatic carbocycles. The van der Waals surface area contributed by atoms with Crippen LogP contribution in [0.2, 0.25) is 0 Å². The van der Waals surface area contributed by atoms with E-state index in [1.54, 1.807) is 6.92 Å². The first-order chi connectivity index (χ1) is 6.76. The molecule has 1 aromatic heterocycles. The van der Waals surface area contributed by atoms with Crippen LogP contribution in [0.4, 0.5) is 17.6 Å². The second-order valence-electron chi connectivity index (χ2n) is 3.06. The van der Waals surface area contributed by atoms with Gasteiger partial charge in [-0.25, -0.2) is 8.78 Å². The van der Waals surface area contributed by atoms with Crippen molar-refractivity contribution >= 4 is 27.3 Å². The lowest BCUT2D eigenvalue weighted by Gasteiger charge is -2.21. The van der Waals surface area contributed by atoms with E-state index in [1.165, 1.54) is 6.07 Å². The molecule has 1 heterocycles. The Balaban J connectivity index is 2.99. The van der Waals surface area contributed by atoms with Gasteiger partial charge in [0.25, 0.3) is 0 Å². The minimum Gasteiger partial charge on any atom is -0.318 e. The van der Waals surface area contributed by atoms with E-state index < -0.39 is 18.4 Å². The van der Waals surface area contributed by atoms with Crippen molar-refractivity contribution in [3.8, 4) is 0 Å². The van der Waals surface area contributed by atoms with Crippen LogP contribution in [0.3, 0.4) is 0 Å². The fourth-order valence-electron chi connectivity index (χ4n) is 0.962. The van der Waals surface area contributed by atoms with Gasteiger partial charge in [0.15, 0.2) is 0 Å². The van der Waals surface area contributed by atoms with E-state index in [9.17, 15) is 17.6 Å². The Morgan fingerprint density at radius 3 is 2.33 bits per heavy atom. The summed E-state index contributed by atoms with van der Waals surface area (Å²) in [5.41, 5.74) is 5.82. The van der Waals surface area contributed by atoms with Crippen LogP contribution >= 0.6 is 27.3 Å². The molecule has 0 bridgehead atoms. The van der Waals surface area contributed by atoms with Gasteiger partial charge in [-0.2, -0.15) is 8.78 Å². The third-order valence-electron chi connectivity index (χ3n) is 1.89. The van der Waals surface area contributed by atoms with Gasteiger partial charge in [0.1, 0.15) is 6.04 Å². The molecule has 0 aliphatic heterocycles. The van der Waals surface area contributed by atoms with E-state index in [1.807, 2.05) is 0 Å². The standard InChI is InChI=1S/C8H8BrF4NS/c1-3-2-4(15-6(3)9)5(14)8(12,13)7(10)11/h2,5,7H,14H2,1H3. The third-order valence-corrected chi connectivity index (χ3v) is 4.11. The molecule has 86 valence electrons. The molecule has 1 nitrogen and oxygen atoms in total. The summed E-state index contributed by atoms with van der Waals surface area (Å²) in [7, 11) is 0. The summed E-state index contributed by atoms with van der Waals surface area (Å²) in [6.07, 6.45) is -3.76. The lowest BCUT2D eigenvalue weighted by molar-refractivity contribution is -0.143. The Kier molecular flexibility index (Phi) is 3.78. The Morgan fingerprint density at radius 1 is 1.47 bits per heavy atom. The highest BCUT2D eigenvalue weighted by Crippen LogP contribution is 2.39. The Morgan fingerprint density at radius 2 is 2.00 bits per heavy atom. The summed E-state index contributed by atoms with van der Waals surface area (Å²) in [5, 5.41) is 0. The molecule has 7 heteroatoms. The third kappa shape index (κ3) is 2.51. The van der Waals surface area contributed by atoms with Gasteiger partial charge in [0.2, 0.25) is 0 Å². The van der Waals surface area contributed by atoms with E-state index in [2.05, 4.69) is 15.9 Å². The topological polar surface area (TPSA) is 26.0 Å². The molecule has 0 fully saturated rings. The van der Waals surface area contributed by atoms with Gasteiger partial charge in [-0.1, -0.05) is 0 Å². The lowest BCUT2D eigenvalue weighted by Crippen LogP contribution is -2.38. The average Bonchev–Trinajstić information content (AvgIpc) is 2.45. The van der Waals surface area contributed by atoms with Crippen LogP contribution < -0.4 is 5.73 Å². The van der Waals surface area contributed by atoms with Gasteiger partial charge in [0.05, 0.1) is 3.79 Å². The first-order valence-electron chi connectivity index (χ1n) is 3.94. The zero-order valence-electron chi connectivity index (χ0n) is 7.61. The van der Waals surface area contributed by atoms with E-state index in [0.717, 1.165) is 11.3 Å². The molecular weight excluding hydrogens is 298 g/mol. The number of nitrogens with two attached hydrogens (primary N) is 1. The highest BCUT2D eigenvalue weighted by molar-refractivity contribution is 9.11. The van der Waals surface area contributed by atoms with Gasteiger partial charge in [0, 0.05) is 4.88 Å². The first-order valence-corrected chi connectivity index (χ1v) is 5.55. The number of hydrogen-bond donors (Lipinski definition) is 1. The van der Waals surface area contributed by atoms with Crippen molar-refractivity contribution in [1.29, 1.82) is 0 Å². The summed E-state index contributed by atoms with van der Waals surface area (Å²) in [4.78, 5) is 0.0460. The fraction of sp³-hybridized carbons (Fsp3) is 0.500. The van der Waals surface area contributed by atoms with Gasteiger partial charge in [-0.15, -0.1) is 11.3 Å². The van der Waals surface area contributed by atoms with Crippen molar-refractivity contribution < 1.29 is 17.6 Å². The Bertz CT molecular complexity index is 333. The quantitative estimate of drug-likeness (QED) is 0.846. The maximum absolute atomic E-state index is 12.9. The molecule has 0 spiro atoms. The van der Waals surface area contributed by atoms with Gasteiger partial charge in [-0.05, 0) is 34.5 Å². The molecule has 1 unspecified atom stereocenters. The number of alkyl halides is 4. The molecule has 0 aliphatic rings. The molecule has 0 saturated heterocycles. The highest BCUT2D eigenvalue weighted by Gasteiger charge is 2.48. The van der Waals surface area contributed by atoms with E-state index in [0.29, 0.717) is 9.35 Å². The summed E-state index contributed by atoms with van der Waals surface area (Å²) >= 11 is 4.06. The SMILES string of the molecule is Cc1cc(C(N)C(F)(F)C(F)F)sc1Br. The summed E-state index contributed by atoms with van der Waals surface area (Å²) in [6.45, 7) is 1.68. The maximum Gasteiger partial charge on any atom is 0.327 e. The van der Waals surface area contributed by atoms with Crippen molar-refractivity contribution in [1.82, 2.24) is 0 Å². The molecule has 2 N–H and O–H groups in total. The second kappa shape index (κ2) is 4.39. The zero-order valence-corrected chi connectivity index (χ0v) is 10.0. The Hall–Kier alpha value is -0.140. The fourth-order valence-corrected chi connectivity index (χ4v) is 2.58. The van der Waals surface area contributed by atoms with Crippen LogP contribution in [0.5, 0.6) is 0 Å². The van der Waals surface area contributed by atoms with Crippen molar-refractivity contribution in [2.45, 2.75) is 25.3 Å². The average molecular weight is 306 g/mol. The molecule has 0 amide bonds. The second-order valence-corrected chi connectivity index (χ2v) is 5.46. The number of thiophene rings is 1. The van der Waals surface area contributed by atoms with Crippen LogP contribution in [0.1, 0.15) is 16.5 Å². The van der Waals surface area contributed by atoms with Crippen LogP contribution in [0, 0.1) is 6.92 Å². The minimum atomic E-state index is -4.20. The van der Waals surface area contributed by atoms with Crippen molar-refractivity contribution in [3.63, 3.8) is 0 Å². The number of hydrogen-bond acceptors (Lipinski definition) is 2. The molecular formula is C8H8BrF4NS. The van der Waals surface area contributed by atoms with E-state index in [4.69, 9.17) is 5.73 Å². The molecule has 0 aromatic carbocycles. The summed E-state index contributed by atoms with van der Waals surface area (Å²) in [5.74, 6) is -4.20. The lowest BCUT2D eigenvalue weighted by atomic mass is 10.1. The highest BCUT2D eigenvalue weighted by atomic mass is 79.9. The molecule has 1 atom stereocenters. The predicted molar refractivity (Wildman–Crippen MR) is 54.6 cm³/mol. The van der Waals surface area contributed by atoms with Crippen molar-refractivity contribution in [3.05, 3.63) is 20.3 Å². The van der Waals surface area contributed by atoms with Crippen LogP contribution in [-0.4, -0.2) is 12.3 Å². The van der Waals surface area contributed by atoms with Gasteiger partial charge < -0.3 is 5.73 Å². The van der Waals surface area contributed by atoms with Gasteiger partial charge >= 0.3 is 12.3 Å². The van der Waals surface area contributed by atoms with Crippen molar-refractivity contribution in [2.24, 2.45) is 5.73 Å². The molecule has 0 saturated carbocycles. The van der Waals surface area contributed by atoms with E-state index in [-0.39, 0.29) is 4.88 Å².